The quantitative estimate of drug-likeness (QED) is 0.545. The molecular formula is C13H24FN3O3. The molecule has 0 aliphatic rings. The Hall–Kier alpha value is -1.05. The molecule has 0 radical (unpaired) electrons. The molecule has 1 aromatic rings. The SMILES string of the molecule is CC(C)Cn1cc(COCCOCCOCCF)nn1. The first-order chi connectivity index (χ1) is 9.72. The fourth-order valence-electron chi connectivity index (χ4n) is 1.54. The van der Waals surface area contributed by atoms with Crippen LogP contribution in [-0.2, 0) is 27.4 Å². The van der Waals surface area contributed by atoms with Crippen molar-refractivity contribution in [2.24, 2.45) is 5.92 Å². The van der Waals surface area contributed by atoms with Gasteiger partial charge in [0, 0.05) is 6.54 Å². The van der Waals surface area contributed by atoms with Crippen molar-refractivity contribution < 1.29 is 18.6 Å². The first-order valence-electron chi connectivity index (χ1n) is 6.90. The van der Waals surface area contributed by atoms with Crippen LogP contribution in [0.2, 0.25) is 0 Å². The molecule has 6 nitrogen and oxygen atoms in total. The lowest BCUT2D eigenvalue weighted by Crippen LogP contribution is -2.10. The van der Waals surface area contributed by atoms with Gasteiger partial charge in [-0.2, -0.15) is 0 Å². The lowest BCUT2D eigenvalue weighted by Gasteiger charge is -2.05. The van der Waals surface area contributed by atoms with Crippen LogP contribution in [0.15, 0.2) is 6.20 Å². The lowest BCUT2D eigenvalue weighted by molar-refractivity contribution is 0.00811. The Morgan fingerprint density at radius 3 is 2.40 bits per heavy atom. The summed E-state index contributed by atoms with van der Waals surface area (Å²) in [5.74, 6) is 0.540. The van der Waals surface area contributed by atoms with E-state index in [1.807, 2.05) is 10.9 Å². The van der Waals surface area contributed by atoms with E-state index in [0.29, 0.717) is 39.0 Å². The third-order valence-electron chi connectivity index (χ3n) is 2.35. The average molecular weight is 289 g/mol. The summed E-state index contributed by atoms with van der Waals surface area (Å²) >= 11 is 0. The first kappa shape index (κ1) is 17.0. The van der Waals surface area contributed by atoms with Gasteiger partial charge in [-0.3, -0.25) is 4.68 Å². The minimum absolute atomic E-state index is 0.131. The van der Waals surface area contributed by atoms with Crippen molar-refractivity contribution >= 4 is 0 Å². The van der Waals surface area contributed by atoms with Crippen LogP contribution in [0.4, 0.5) is 4.39 Å². The average Bonchev–Trinajstić information content (AvgIpc) is 2.83. The van der Waals surface area contributed by atoms with Crippen molar-refractivity contribution in [2.45, 2.75) is 27.0 Å². The zero-order valence-corrected chi connectivity index (χ0v) is 12.3. The van der Waals surface area contributed by atoms with Gasteiger partial charge in [-0.1, -0.05) is 19.1 Å². The van der Waals surface area contributed by atoms with Gasteiger partial charge in [-0.25, -0.2) is 4.39 Å². The normalized spacial score (nSPS) is 11.4. The highest BCUT2D eigenvalue weighted by Crippen LogP contribution is 2.00. The van der Waals surface area contributed by atoms with Gasteiger partial charge in [-0.05, 0) is 5.92 Å². The molecule has 0 fully saturated rings. The standard InChI is InChI=1S/C13H24FN3O3/c1-12(2)9-17-10-13(15-16-17)11-20-8-7-19-6-5-18-4-3-14/h10,12H,3-9,11H2,1-2H3. The number of nitrogens with zero attached hydrogens (tertiary/aromatic N) is 3. The molecule has 20 heavy (non-hydrogen) atoms. The maximum atomic E-state index is 11.7. The largest absolute Gasteiger partial charge is 0.377 e. The monoisotopic (exact) mass is 289 g/mol. The van der Waals surface area contributed by atoms with Crippen LogP contribution in [0.3, 0.4) is 0 Å². The molecule has 0 saturated heterocycles. The van der Waals surface area contributed by atoms with E-state index in [2.05, 4.69) is 24.2 Å². The molecule has 0 aliphatic carbocycles. The van der Waals surface area contributed by atoms with Crippen molar-refractivity contribution in [3.63, 3.8) is 0 Å². The van der Waals surface area contributed by atoms with Gasteiger partial charge in [-0.15, -0.1) is 5.10 Å². The summed E-state index contributed by atoms with van der Waals surface area (Å²) in [4.78, 5) is 0. The summed E-state index contributed by atoms with van der Waals surface area (Å²) in [6.45, 7) is 7.06. The second-order valence-electron chi connectivity index (χ2n) is 4.79. The number of hydrogen-bond acceptors (Lipinski definition) is 5. The van der Waals surface area contributed by atoms with E-state index in [0.717, 1.165) is 12.2 Å². The van der Waals surface area contributed by atoms with E-state index >= 15 is 0 Å². The molecule has 0 aliphatic heterocycles. The molecular weight excluding hydrogens is 265 g/mol. The van der Waals surface area contributed by atoms with Crippen LogP contribution < -0.4 is 0 Å². The van der Waals surface area contributed by atoms with Gasteiger partial charge in [0.25, 0.3) is 0 Å². The molecule has 0 unspecified atom stereocenters. The maximum Gasteiger partial charge on any atom is 0.113 e. The van der Waals surface area contributed by atoms with Crippen LogP contribution in [0, 0.1) is 5.92 Å². The Morgan fingerprint density at radius 2 is 1.75 bits per heavy atom. The zero-order valence-electron chi connectivity index (χ0n) is 12.3. The molecule has 1 rings (SSSR count). The second kappa shape index (κ2) is 10.7. The van der Waals surface area contributed by atoms with Crippen molar-refractivity contribution in [3.8, 4) is 0 Å². The smallest absolute Gasteiger partial charge is 0.113 e. The predicted molar refractivity (Wildman–Crippen MR) is 72.1 cm³/mol. The van der Waals surface area contributed by atoms with E-state index in [-0.39, 0.29) is 6.61 Å². The molecule has 1 heterocycles. The van der Waals surface area contributed by atoms with Crippen molar-refractivity contribution in [3.05, 3.63) is 11.9 Å². The van der Waals surface area contributed by atoms with Gasteiger partial charge in [0.15, 0.2) is 0 Å². The highest BCUT2D eigenvalue weighted by atomic mass is 19.1. The van der Waals surface area contributed by atoms with Crippen molar-refractivity contribution in [2.75, 3.05) is 39.7 Å². The molecule has 1 aromatic heterocycles. The first-order valence-corrected chi connectivity index (χ1v) is 6.90. The van der Waals surface area contributed by atoms with Crippen LogP contribution in [0.5, 0.6) is 0 Å². The number of halogens is 1. The molecule has 0 aromatic carbocycles. The fourth-order valence-corrected chi connectivity index (χ4v) is 1.54. The Labute approximate surface area is 119 Å². The molecule has 0 N–H and O–H groups in total. The number of rotatable bonds is 12. The molecule has 7 heteroatoms. The highest BCUT2D eigenvalue weighted by Gasteiger charge is 2.02. The minimum atomic E-state index is -0.458. The van der Waals surface area contributed by atoms with Crippen LogP contribution in [0.1, 0.15) is 19.5 Å². The second-order valence-corrected chi connectivity index (χ2v) is 4.79. The van der Waals surface area contributed by atoms with Gasteiger partial charge >= 0.3 is 0 Å². The van der Waals surface area contributed by atoms with Crippen molar-refractivity contribution in [1.82, 2.24) is 15.0 Å². The van der Waals surface area contributed by atoms with E-state index in [4.69, 9.17) is 14.2 Å². The lowest BCUT2D eigenvalue weighted by atomic mass is 10.2. The van der Waals surface area contributed by atoms with E-state index < -0.39 is 6.67 Å². The minimum Gasteiger partial charge on any atom is -0.377 e. The Balaban J connectivity index is 1.97. The molecule has 0 atom stereocenters. The fraction of sp³-hybridized carbons (Fsp3) is 0.846. The summed E-state index contributed by atoms with van der Waals surface area (Å²) in [6.07, 6.45) is 1.89. The Kier molecular flexibility index (Phi) is 9.10. The summed E-state index contributed by atoms with van der Waals surface area (Å²) in [6, 6.07) is 0. The zero-order chi connectivity index (χ0) is 14.6. The van der Waals surface area contributed by atoms with E-state index in [1.54, 1.807) is 0 Å². The number of ether oxygens (including phenoxy) is 3. The van der Waals surface area contributed by atoms with Crippen molar-refractivity contribution in [1.29, 1.82) is 0 Å². The molecule has 0 saturated carbocycles. The maximum absolute atomic E-state index is 11.7. The Bertz CT molecular complexity index is 347. The summed E-state index contributed by atoms with van der Waals surface area (Å²) in [7, 11) is 0. The predicted octanol–water partition coefficient (Wildman–Crippen LogP) is 1.45. The third kappa shape index (κ3) is 8.19. The van der Waals surface area contributed by atoms with Crippen LogP contribution in [0.25, 0.3) is 0 Å². The van der Waals surface area contributed by atoms with Gasteiger partial charge in [0.2, 0.25) is 0 Å². The van der Waals surface area contributed by atoms with E-state index in [9.17, 15) is 4.39 Å². The van der Waals surface area contributed by atoms with Gasteiger partial charge in [0.05, 0.1) is 45.8 Å². The van der Waals surface area contributed by atoms with Crippen LogP contribution >= 0.6 is 0 Å². The number of hydrogen-bond donors (Lipinski definition) is 0. The topological polar surface area (TPSA) is 58.4 Å². The molecule has 0 amide bonds. The summed E-state index contributed by atoms with van der Waals surface area (Å²) in [5.41, 5.74) is 0.817. The summed E-state index contributed by atoms with van der Waals surface area (Å²) in [5, 5.41) is 8.05. The number of aromatic nitrogens is 3. The van der Waals surface area contributed by atoms with Gasteiger partial charge < -0.3 is 14.2 Å². The van der Waals surface area contributed by atoms with E-state index in [1.165, 1.54) is 0 Å². The van der Waals surface area contributed by atoms with Gasteiger partial charge in [0.1, 0.15) is 12.4 Å². The molecule has 116 valence electrons. The van der Waals surface area contributed by atoms with Crippen LogP contribution in [-0.4, -0.2) is 54.7 Å². The highest BCUT2D eigenvalue weighted by molar-refractivity contribution is 4.89. The Morgan fingerprint density at radius 1 is 1.10 bits per heavy atom. The third-order valence-corrected chi connectivity index (χ3v) is 2.35. The molecule has 0 bridgehead atoms. The molecule has 0 spiro atoms. The number of alkyl halides is 1. The summed E-state index contributed by atoms with van der Waals surface area (Å²) < 4.78 is 29.1.